The average molecular weight is 1490 g/mol. The van der Waals surface area contributed by atoms with E-state index < -0.39 is 97.5 Å². The van der Waals surface area contributed by atoms with Crippen LogP contribution in [0.25, 0.3) is 0 Å². The third-order valence-electron chi connectivity index (χ3n) is 19.5. The van der Waals surface area contributed by atoms with Crippen molar-refractivity contribution in [2.75, 3.05) is 39.6 Å². The second-order valence-electron chi connectivity index (χ2n) is 30.3. The Hall–Kier alpha value is -1.94. The van der Waals surface area contributed by atoms with E-state index in [0.717, 1.165) is 102 Å². The summed E-state index contributed by atoms with van der Waals surface area (Å²) in [5, 5.41) is 10.6. The minimum absolute atomic E-state index is 0.106. The molecule has 606 valence electrons. The first-order valence-corrected chi connectivity index (χ1v) is 46.1. The van der Waals surface area contributed by atoms with Crippen molar-refractivity contribution in [3.63, 3.8) is 0 Å². The Bertz CT molecular complexity index is 1940. The first kappa shape index (κ1) is 100. The van der Waals surface area contributed by atoms with E-state index in [1.807, 2.05) is 0 Å². The molecule has 0 rings (SSSR count). The van der Waals surface area contributed by atoms with Crippen LogP contribution in [0.2, 0.25) is 0 Å². The SMILES string of the molecule is CCCCCCCCCCCCCCCCCCCCCCCC(=O)OC[C@H](COP(=O)(O)OC[C@@H](O)COP(=O)(O)OC[C@@H](COC(=O)CCCCCCCCCC)OC(=O)CCCCCCCCCCCC(C)C)OC(=O)CCCCCCCCCCCCCCCCCCCCCCC. The van der Waals surface area contributed by atoms with E-state index in [1.165, 1.54) is 263 Å². The molecule has 0 heterocycles. The predicted octanol–water partition coefficient (Wildman–Crippen LogP) is 25.2. The van der Waals surface area contributed by atoms with E-state index in [0.29, 0.717) is 25.7 Å². The zero-order valence-electron chi connectivity index (χ0n) is 66.8. The van der Waals surface area contributed by atoms with Crippen LogP contribution in [0, 0.1) is 5.92 Å². The van der Waals surface area contributed by atoms with E-state index in [-0.39, 0.29) is 25.7 Å². The molecular weight excluding hydrogens is 1330 g/mol. The molecule has 102 heavy (non-hydrogen) atoms. The number of aliphatic hydroxyl groups excluding tert-OH is 1. The third-order valence-corrected chi connectivity index (χ3v) is 21.4. The summed E-state index contributed by atoms with van der Waals surface area (Å²) in [6, 6.07) is 0. The molecule has 19 heteroatoms. The first-order chi connectivity index (χ1) is 49.5. The van der Waals surface area contributed by atoms with Crippen molar-refractivity contribution in [1.29, 1.82) is 0 Å². The monoisotopic (exact) mass is 1490 g/mol. The van der Waals surface area contributed by atoms with Gasteiger partial charge >= 0.3 is 39.5 Å². The van der Waals surface area contributed by atoms with Crippen LogP contribution in [-0.2, 0) is 65.4 Å². The molecule has 0 spiro atoms. The smallest absolute Gasteiger partial charge is 0.462 e. The number of carbonyl (C=O) groups excluding carboxylic acids is 4. The van der Waals surface area contributed by atoms with Crippen molar-refractivity contribution in [3.8, 4) is 0 Å². The maximum atomic E-state index is 13.1. The number of esters is 4. The van der Waals surface area contributed by atoms with Gasteiger partial charge in [-0.25, -0.2) is 9.13 Å². The molecule has 0 saturated carbocycles. The van der Waals surface area contributed by atoms with Crippen molar-refractivity contribution in [3.05, 3.63) is 0 Å². The highest BCUT2D eigenvalue weighted by molar-refractivity contribution is 7.47. The standard InChI is InChI=1S/C83H162O17P2/c1-6-9-12-15-18-21-23-25-27-29-31-33-35-37-39-41-43-47-52-57-62-67-81(86)94-73-79(99-82(87)68-63-58-53-48-44-42-40-38-36-34-32-30-28-26-24-22-19-16-13-10-7-2)75-98-102(91,92)96-71-77(84)70-95-101(89,90)97-74-78(72-93-80(85)66-61-56-51-20-17-14-11-8-3)100-83(88)69-64-59-54-49-45-46-50-55-60-65-76(4)5/h76-79,84H,6-75H2,1-5H3,(H,89,90)(H,91,92)/t77-,78+,79+/m0/s1. The largest absolute Gasteiger partial charge is 0.472 e. The van der Waals surface area contributed by atoms with Gasteiger partial charge in [-0.3, -0.25) is 37.3 Å². The number of carbonyl (C=O) groups is 4. The van der Waals surface area contributed by atoms with E-state index in [9.17, 15) is 43.2 Å². The van der Waals surface area contributed by atoms with E-state index in [2.05, 4.69) is 34.6 Å². The molecule has 0 aromatic heterocycles. The zero-order valence-corrected chi connectivity index (χ0v) is 68.5. The summed E-state index contributed by atoms with van der Waals surface area (Å²) in [5.41, 5.74) is 0. The van der Waals surface area contributed by atoms with Gasteiger partial charge in [-0.1, -0.05) is 394 Å². The quantitative estimate of drug-likeness (QED) is 0.0222. The molecule has 0 fully saturated rings. The molecule has 0 aromatic rings. The lowest BCUT2D eigenvalue weighted by molar-refractivity contribution is -0.161. The first-order valence-electron chi connectivity index (χ1n) is 43.1. The number of rotatable bonds is 83. The zero-order chi connectivity index (χ0) is 74.8. The fourth-order valence-electron chi connectivity index (χ4n) is 12.9. The highest BCUT2D eigenvalue weighted by Crippen LogP contribution is 2.45. The molecule has 3 N–H and O–H groups in total. The van der Waals surface area contributed by atoms with Crippen molar-refractivity contribution in [2.45, 2.75) is 464 Å². The van der Waals surface area contributed by atoms with E-state index in [1.54, 1.807) is 0 Å². The van der Waals surface area contributed by atoms with Crippen LogP contribution >= 0.6 is 15.6 Å². The van der Waals surface area contributed by atoms with Gasteiger partial charge in [0.15, 0.2) is 12.2 Å². The molecule has 5 atom stereocenters. The maximum Gasteiger partial charge on any atom is 0.472 e. The van der Waals surface area contributed by atoms with Gasteiger partial charge in [-0.2, -0.15) is 0 Å². The number of hydrogen-bond acceptors (Lipinski definition) is 15. The Balaban J connectivity index is 5.16. The molecular formula is C83H162O17P2. The van der Waals surface area contributed by atoms with Gasteiger partial charge in [-0.15, -0.1) is 0 Å². The molecule has 0 amide bonds. The maximum absolute atomic E-state index is 13.1. The highest BCUT2D eigenvalue weighted by atomic mass is 31.2. The predicted molar refractivity (Wildman–Crippen MR) is 418 cm³/mol. The molecule has 0 radical (unpaired) electrons. The molecule has 0 bridgehead atoms. The van der Waals surface area contributed by atoms with Gasteiger partial charge in [-0.05, 0) is 31.6 Å². The topological polar surface area (TPSA) is 237 Å². The van der Waals surface area contributed by atoms with Crippen LogP contribution in [0.1, 0.15) is 446 Å². The van der Waals surface area contributed by atoms with Crippen molar-refractivity contribution in [2.24, 2.45) is 5.92 Å². The Morgan fingerprint density at radius 3 is 0.667 bits per heavy atom. The molecule has 0 aliphatic heterocycles. The summed E-state index contributed by atoms with van der Waals surface area (Å²) < 4.78 is 68.7. The van der Waals surface area contributed by atoms with Crippen molar-refractivity contribution < 1.29 is 80.2 Å². The molecule has 0 saturated heterocycles. The van der Waals surface area contributed by atoms with E-state index >= 15 is 0 Å². The Morgan fingerprint density at radius 1 is 0.265 bits per heavy atom. The van der Waals surface area contributed by atoms with Gasteiger partial charge in [0.1, 0.15) is 19.3 Å². The van der Waals surface area contributed by atoms with Gasteiger partial charge in [0.2, 0.25) is 0 Å². The van der Waals surface area contributed by atoms with Crippen molar-refractivity contribution >= 4 is 39.5 Å². The Labute approximate surface area is 626 Å². The number of aliphatic hydroxyl groups is 1. The second kappa shape index (κ2) is 75.9. The van der Waals surface area contributed by atoms with Crippen LogP contribution in [0.15, 0.2) is 0 Å². The van der Waals surface area contributed by atoms with E-state index in [4.69, 9.17) is 37.0 Å². The Morgan fingerprint density at radius 2 is 0.451 bits per heavy atom. The lowest BCUT2D eigenvalue weighted by atomic mass is 10.0. The van der Waals surface area contributed by atoms with Crippen molar-refractivity contribution in [1.82, 2.24) is 0 Å². The van der Waals surface area contributed by atoms with Crippen LogP contribution in [0.4, 0.5) is 0 Å². The lowest BCUT2D eigenvalue weighted by Gasteiger charge is -2.21. The van der Waals surface area contributed by atoms with Crippen LogP contribution in [-0.4, -0.2) is 96.7 Å². The summed E-state index contributed by atoms with van der Waals surface area (Å²) in [6.07, 6.45) is 68.4. The minimum atomic E-state index is -4.96. The summed E-state index contributed by atoms with van der Waals surface area (Å²) in [7, 11) is -9.92. The van der Waals surface area contributed by atoms with Crippen LogP contribution in [0.3, 0.4) is 0 Å². The normalized spacial score (nSPS) is 13.8. The number of unbranched alkanes of at least 4 members (excludes halogenated alkanes) is 55. The van der Waals surface area contributed by atoms with Crippen LogP contribution < -0.4 is 0 Å². The van der Waals surface area contributed by atoms with Gasteiger partial charge < -0.3 is 33.8 Å². The minimum Gasteiger partial charge on any atom is -0.462 e. The molecule has 0 aliphatic carbocycles. The average Bonchev–Trinajstić information content (AvgIpc) is 0.962. The Kier molecular flexibility index (Phi) is 74.4. The fraction of sp³-hybridized carbons (Fsp3) is 0.952. The second-order valence-corrected chi connectivity index (χ2v) is 33.3. The molecule has 0 aliphatic rings. The third kappa shape index (κ3) is 76.3. The number of phosphoric acid groups is 2. The lowest BCUT2D eigenvalue weighted by Crippen LogP contribution is -2.30. The fourth-order valence-corrected chi connectivity index (χ4v) is 14.5. The number of phosphoric ester groups is 2. The van der Waals surface area contributed by atoms with Crippen LogP contribution in [0.5, 0.6) is 0 Å². The summed E-state index contributed by atoms with van der Waals surface area (Å²) in [6.45, 7) is 7.28. The van der Waals surface area contributed by atoms with Gasteiger partial charge in [0, 0.05) is 25.7 Å². The summed E-state index contributed by atoms with van der Waals surface area (Å²) in [4.78, 5) is 72.9. The molecule has 0 aromatic carbocycles. The number of hydrogen-bond donors (Lipinski definition) is 3. The van der Waals surface area contributed by atoms with Gasteiger partial charge in [0.05, 0.1) is 26.4 Å². The van der Waals surface area contributed by atoms with Gasteiger partial charge in [0.25, 0.3) is 0 Å². The highest BCUT2D eigenvalue weighted by Gasteiger charge is 2.30. The number of ether oxygens (including phenoxy) is 4. The molecule has 2 unspecified atom stereocenters. The molecule has 17 nitrogen and oxygen atoms in total. The summed E-state index contributed by atoms with van der Waals surface area (Å²) in [5.74, 6) is -1.37. The summed E-state index contributed by atoms with van der Waals surface area (Å²) >= 11 is 0.